The molecule has 1 rings (SSSR count). The van der Waals surface area contributed by atoms with E-state index < -0.39 is 23.6 Å². The van der Waals surface area contributed by atoms with Gasteiger partial charge >= 0.3 is 18.0 Å². The number of alkyl halides is 7. The first-order chi connectivity index (χ1) is 8.89. The highest BCUT2D eigenvalue weighted by molar-refractivity contribution is 5.29. The second-order valence-corrected chi connectivity index (χ2v) is 4.66. The summed E-state index contributed by atoms with van der Waals surface area (Å²) in [7, 11) is 0. The maximum atomic E-state index is 13.5. The lowest BCUT2D eigenvalue weighted by Gasteiger charge is -2.28. The van der Waals surface area contributed by atoms with Crippen molar-refractivity contribution in [2.75, 3.05) is 0 Å². The van der Waals surface area contributed by atoms with Crippen molar-refractivity contribution in [2.24, 2.45) is 5.92 Å². The van der Waals surface area contributed by atoms with Crippen LogP contribution in [0.5, 0.6) is 0 Å². The average molecular weight is 301 g/mol. The van der Waals surface area contributed by atoms with Gasteiger partial charge in [-0.1, -0.05) is 32.0 Å². The van der Waals surface area contributed by atoms with E-state index in [0.717, 1.165) is 6.07 Å². The first-order valence-corrected chi connectivity index (χ1v) is 5.64. The van der Waals surface area contributed by atoms with E-state index in [1.807, 2.05) is 0 Å². The van der Waals surface area contributed by atoms with Crippen LogP contribution in [-0.4, -0.2) is 12.1 Å². The van der Waals surface area contributed by atoms with Crippen LogP contribution in [0, 0.1) is 12.8 Å². The van der Waals surface area contributed by atoms with E-state index in [-0.39, 0.29) is 17.9 Å². The second-order valence-electron chi connectivity index (χ2n) is 4.66. The third kappa shape index (κ3) is 3.07. The second kappa shape index (κ2) is 5.26. The van der Waals surface area contributed by atoms with Gasteiger partial charge in [0.25, 0.3) is 0 Å². The molecular weight excluding hydrogens is 289 g/mol. The highest BCUT2D eigenvalue weighted by atomic mass is 19.4. The van der Waals surface area contributed by atoms with Crippen LogP contribution < -0.4 is 0 Å². The van der Waals surface area contributed by atoms with Crippen molar-refractivity contribution < 1.29 is 30.7 Å². The maximum absolute atomic E-state index is 13.5. The monoisotopic (exact) mass is 301 g/mol. The molecule has 1 radical (unpaired) electrons. The summed E-state index contributed by atoms with van der Waals surface area (Å²) in [5.41, 5.74) is -1.14. The predicted molar refractivity (Wildman–Crippen MR) is 59.6 cm³/mol. The Morgan fingerprint density at radius 1 is 1.05 bits per heavy atom. The number of rotatable bonds is 4. The molecule has 1 unspecified atom stereocenters. The van der Waals surface area contributed by atoms with Gasteiger partial charge in [0.2, 0.25) is 0 Å². The summed E-state index contributed by atoms with van der Waals surface area (Å²) in [6.45, 7) is 5.26. The molecule has 0 heterocycles. The predicted octanol–water partition coefficient (Wildman–Crippen LogP) is 4.99. The summed E-state index contributed by atoms with van der Waals surface area (Å²) in [6, 6.07) is 3.60. The largest absolute Gasteiger partial charge is 0.460 e. The van der Waals surface area contributed by atoms with Gasteiger partial charge in [-0.2, -0.15) is 30.7 Å². The standard InChI is InChI=1S/C13H12F7/c1-8(2)6-9-4-3-5-10(7-9)11(14,15)12(16,17)13(18,19)20/h3-5,7-8H,1,6H2,2H3. The molecule has 0 aromatic heterocycles. The maximum Gasteiger partial charge on any atom is 0.460 e. The molecule has 0 spiro atoms. The summed E-state index contributed by atoms with van der Waals surface area (Å²) in [4.78, 5) is 0. The van der Waals surface area contributed by atoms with Crippen molar-refractivity contribution in [3.63, 3.8) is 0 Å². The summed E-state index contributed by atoms with van der Waals surface area (Å²) in [5, 5.41) is 0. The Labute approximate surface area is 111 Å². The van der Waals surface area contributed by atoms with Crippen LogP contribution in [0.3, 0.4) is 0 Å². The molecule has 1 aromatic rings. The van der Waals surface area contributed by atoms with Gasteiger partial charge in [-0.05, 0) is 24.0 Å². The fraction of sp³-hybridized carbons (Fsp3) is 0.462. The Balaban J connectivity index is 3.22. The molecule has 0 fully saturated rings. The zero-order valence-electron chi connectivity index (χ0n) is 10.4. The molecule has 0 bridgehead atoms. The molecule has 0 aliphatic carbocycles. The molecule has 1 atom stereocenters. The quantitative estimate of drug-likeness (QED) is 0.687. The fourth-order valence-electron chi connectivity index (χ4n) is 1.66. The third-order valence-corrected chi connectivity index (χ3v) is 2.62. The van der Waals surface area contributed by atoms with Crippen molar-refractivity contribution in [2.45, 2.75) is 31.4 Å². The van der Waals surface area contributed by atoms with E-state index in [1.54, 1.807) is 6.92 Å². The van der Waals surface area contributed by atoms with Crippen LogP contribution >= 0.6 is 0 Å². The molecule has 1 aromatic carbocycles. The Kier molecular flexibility index (Phi) is 4.41. The first-order valence-electron chi connectivity index (χ1n) is 5.64. The lowest BCUT2D eigenvalue weighted by molar-refractivity contribution is -0.359. The summed E-state index contributed by atoms with van der Waals surface area (Å²) in [5.74, 6) is -11.7. The summed E-state index contributed by atoms with van der Waals surface area (Å²) in [6.07, 6.45) is -6.13. The van der Waals surface area contributed by atoms with Crippen LogP contribution in [0.2, 0.25) is 0 Å². The van der Waals surface area contributed by atoms with Crippen LogP contribution in [0.25, 0.3) is 0 Å². The Morgan fingerprint density at radius 2 is 1.60 bits per heavy atom. The van der Waals surface area contributed by atoms with Crippen LogP contribution in [0.15, 0.2) is 24.3 Å². The fourth-order valence-corrected chi connectivity index (χ4v) is 1.66. The number of hydrogen-bond donors (Lipinski definition) is 0. The minimum atomic E-state index is -6.33. The molecular formula is C13H12F7. The van der Waals surface area contributed by atoms with Crippen LogP contribution in [0.1, 0.15) is 18.1 Å². The van der Waals surface area contributed by atoms with Gasteiger partial charge in [-0.3, -0.25) is 0 Å². The summed E-state index contributed by atoms with van der Waals surface area (Å²) >= 11 is 0. The Hall–Kier alpha value is -1.27. The minimum absolute atomic E-state index is 0.193. The van der Waals surface area contributed by atoms with E-state index in [1.165, 1.54) is 6.07 Å². The molecule has 0 N–H and O–H groups in total. The van der Waals surface area contributed by atoms with Crippen LogP contribution in [0.4, 0.5) is 30.7 Å². The number of benzene rings is 1. The molecule has 113 valence electrons. The van der Waals surface area contributed by atoms with E-state index in [9.17, 15) is 30.7 Å². The van der Waals surface area contributed by atoms with Gasteiger partial charge < -0.3 is 0 Å². The SMILES string of the molecule is [CH2]C(C)Cc1cccc(C(F)(F)C(F)(F)C(F)(F)F)c1. The lowest BCUT2D eigenvalue weighted by atomic mass is 9.96. The molecule has 0 aliphatic heterocycles. The van der Waals surface area contributed by atoms with Crippen molar-refractivity contribution in [3.8, 4) is 0 Å². The molecule has 0 saturated carbocycles. The normalized spacial score (nSPS) is 13.9. The molecule has 0 amide bonds. The smallest absolute Gasteiger partial charge is 0.194 e. The van der Waals surface area contributed by atoms with E-state index in [4.69, 9.17) is 0 Å². The van der Waals surface area contributed by atoms with Crippen molar-refractivity contribution in [3.05, 3.63) is 42.3 Å². The zero-order chi connectivity index (χ0) is 15.8. The van der Waals surface area contributed by atoms with Gasteiger partial charge in [0, 0.05) is 5.56 Å². The highest BCUT2D eigenvalue weighted by Gasteiger charge is 2.73. The average Bonchev–Trinajstić information content (AvgIpc) is 2.26. The summed E-state index contributed by atoms with van der Waals surface area (Å²) < 4.78 is 89.0. The Bertz CT molecular complexity index is 460. The third-order valence-electron chi connectivity index (χ3n) is 2.62. The van der Waals surface area contributed by atoms with Crippen molar-refractivity contribution >= 4 is 0 Å². The van der Waals surface area contributed by atoms with Crippen molar-refractivity contribution in [1.29, 1.82) is 0 Å². The van der Waals surface area contributed by atoms with Gasteiger partial charge in [0.15, 0.2) is 0 Å². The molecule has 0 saturated heterocycles. The van der Waals surface area contributed by atoms with Gasteiger partial charge in [0.05, 0.1) is 0 Å². The molecule has 7 heteroatoms. The van der Waals surface area contributed by atoms with E-state index in [2.05, 4.69) is 6.92 Å². The van der Waals surface area contributed by atoms with E-state index in [0.29, 0.717) is 12.1 Å². The van der Waals surface area contributed by atoms with Crippen LogP contribution in [-0.2, 0) is 12.3 Å². The first kappa shape index (κ1) is 16.8. The van der Waals surface area contributed by atoms with Gasteiger partial charge in [-0.25, -0.2) is 0 Å². The molecule has 0 nitrogen and oxygen atoms in total. The highest BCUT2D eigenvalue weighted by Crippen LogP contribution is 2.51. The van der Waals surface area contributed by atoms with E-state index >= 15 is 0 Å². The molecule has 0 aliphatic rings. The zero-order valence-corrected chi connectivity index (χ0v) is 10.4. The van der Waals surface area contributed by atoms with Crippen molar-refractivity contribution in [1.82, 2.24) is 0 Å². The number of hydrogen-bond acceptors (Lipinski definition) is 0. The Morgan fingerprint density at radius 3 is 2.05 bits per heavy atom. The number of halogens is 7. The lowest BCUT2D eigenvalue weighted by Crippen LogP contribution is -2.50. The minimum Gasteiger partial charge on any atom is -0.194 e. The molecule has 20 heavy (non-hydrogen) atoms. The van der Waals surface area contributed by atoms with Gasteiger partial charge in [-0.15, -0.1) is 0 Å². The van der Waals surface area contributed by atoms with Gasteiger partial charge in [0.1, 0.15) is 0 Å². The topological polar surface area (TPSA) is 0 Å².